The lowest BCUT2D eigenvalue weighted by molar-refractivity contribution is 1.09. The van der Waals surface area contributed by atoms with Gasteiger partial charge in [-0.2, -0.15) is 15.1 Å². The zero-order valence-corrected chi connectivity index (χ0v) is 12.2. The summed E-state index contributed by atoms with van der Waals surface area (Å²) >= 11 is 0. The van der Waals surface area contributed by atoms with Crippen molar-refractivity contribution in [2.45, 2.75) is 6.92 Å². The lowest BCUT2D eigenvalue weighted by atomic mass is 10.1. The Kier molecular flexibility index (Phi) is 3.09. The lowest BCUT2D eigenvalue weighted by Crippen LogP contribution is -2.10. The second-order valence-corrected chi connectivity index (χ2v) is 5.08. The number of aromatic nitrogens is 4. The van der Waals surface area contributed by atoms with Crippen molar-refractivity contribution in [3.8, 4) is 0 Å². The average molecular weight is 283 g/mol. The van der Waals surface area contributed by atoms with Crippen LogP contribution in [0.3, 0.4) is 0 Å². The van der Waals surface area contributed by atoms with Crippen molar-refractivity contribution in [1.82, 2.24) is 20.2 Å². The van der Waals surface area contributed by atoms with E-state index in [1.165, 1.54) is 5.56 Å². The molecule has 0 saturated carbocycles. The first-order valence-electron chi connectivity index (χ1n) is 6.56. The number of nitrogens with zero attached hydrogens (tertiary/aromatic N) is 4. The number of rotatable bonds is 3. The molecule has 2 aromatic heterocycles. The number of fused-ring (bicyclic) bond motifs is 1. The van der Waals surface area contributed by atoms with Gasteiger partial charge in [-0.3, -0.25) is 5.10 Å². The van der Waals surface area contributed by atoms with Gasteiger partial charge in [-0.25, -0.2) is 0 Å². The second kappa shape index (κ2) is 4.93. The summed E-state index contributed by atoms with van der Waals surface area (Å²) in [5.74, 6) is 0.842. The quantitative estimate of drug-likeness (QED) is 0.681. The van der Waals surface area contributed by atoms with Crippen molar-refractivity contribution >= 4 is 34.2 Å². The van der Waals surface area contributed by atoms with Crippen molar-refractivity contribution in [2.24, 2.45) is 0 Å². The van der Waals surface area contributed by atoms with Crippen LogP contribution in [0.5, 0.6) is 0 Å². The predicted molar refractivity (Wildman–Crippen MR) is 84.9 cm³/mol. The maximum Gasteiger partial charge on any atom is 0.224 e. The van der Waals surface area contributed by atoms with E-state index in [2.05, 4.69) is 49.4 Å². The Morgan fingerprint density at radius 3 is 2.81 bits per heavy atom. The summed E-state index contributed by atoms with van der Waals surface area (Å²) in [6.45, 7) is 2.08. The van der Waals surface area contributed by atoms with Gasteiger partial charge in [-0.1, -0.05) is 6.07 Å². The van der Waals surface area contributed by atoms with Crippen LogP contribution < -0.4 is 16.0 Å². The summed E-state index contributed by atoms with van der Waals surface area (Å²) in [7, 11) is 4.03. The number of benzene rings is 1. The minimum absolute atomic E-state index is 0.203. The van der Waals surface area contributed by atoms with Crippen LogP contribution in [0, 0.1) is 6.92 Å². The Bertz CT molecular complexity index is 791. The maximum absolute atomic E-state index is 5.72. The van der Waals surface area contributed by atoms with Gasteiger partial charge < -0.3 is 16.0 Å². The molecule has 0 aliphatic rings. The van der Waals surface area contributed by atoms with Gasteiger partial charge in [0.1, 0.15) is 5.82 Å². The van der Waals surface area contributed by atoms with E-state index >= 15 is 0 Å². The van der Waals surface area contributed by atoms with Crippen LogP contribution in [-0.2, 0) is 0 Å². The molecule has 108 valence electrons. The van der Waals surface area contributed by atoms with Crippen molar-refractivity contribution in [3.63, 3.8) is 0 Å². The minimum Gasteiger partial charge on any atom is -0.377 e. The lowest BCUT2D eigenvalue weighted by Gasteiger charge is -2.17. The van der Waals surface area contributed by atoms with Gasteiger partial charge in [0.2, 0.25) is 5.95 Å². The number of anilines is 4. The molecule has 7 heteroatoms. The first kappa shape index (κ1) is 13.2. The summed E-state index contributed by atoms with van der Waals surface area (Å²) in [4.78, 5) is 10.4. The molecule has 0 fully saturated rings. The predicted octanol–water partition coefficient (Wildman–Crippen LogP) is 2.05. The molecule has 3 rings (SSSR count). The molecule has 1 aromatic carbocycles. The molecule has 0 radical (unpaired) electrons. The van der Waals surface area contributed by atoms with Gasteiger partial charge in [0, 0.05) is 25.5 Å². The van der Waals surface area contributed by atoms with Gasteiger partial charge in [-0.15, -0.1) is 0 Å². The number of nitrogen functional groups attached to an aromatic ring is 1. The van der Waals surface area contributed by atoms with E-state index in [-0.39, 0.29) is 5.95 Å². The summed E-state index contributed by atoms with van der Waals surface area (Å²) in [6, 6.07) is 6.14. The van der Waals surface area contributed by atoms with Crippen LogP contribution in [0.25, 0.3) is 11.0 Å². The highest BCUT2D eigenvalue weighted by molar-refractivity contribution is 5.89. The average Bonchev–Trinajstić information content (AvgIpc) is 2.88. The molecule has 0 saturated heterocycles. The summed E-state index contributed by atoms with van der Waals surface area (Å²) in [5, 5.41) is 10.8. The molecule has 3 aromatic rings. The molecule has 0 atom stereocenters. The molecule has 0 aliphatic carbocycles. The maximum atomic E-state index is 5.72. The zero-order chi connectivity index (χ0) is 15.0. The monoisotopic (exact) mass is 283 g/mol. The highest BCUT2D eigenvalue weighted by atomic mass is 15.2. The zero-order valence-electron chi connectivity index (χ0n) is 12.2. The first-order chi connectivity index (χ1) is 10.0. The van der Waals surface area contributed by atoms with E-state index in [0.29, 0.717) is 11.5 Å². The fourth-order valence-corrected chi connectivity index (χ4v) is 2.25. The molecule has 0 aliphatic heterocycles. The molecule has 4 N–H and O–H groups in total. The van der Waals surface area contributed by atoms with E-state index in [4.69, 9.17) is 5.73 Å². The Balaban J connectivity index is 2.02. The van der Waals surface area contributed by atoms with Gasteiger partial charge in [-0.05, 0) is 24.6 Å². The normalized spacial score (nSPS) is 10.8. The summed E-state index contributed by atoms with van der Waals surface area (Å²) < 4.78 is 0. The van der Waals surface area contributed by atoms with Gasteiger partial charge >= 0.3 is 0 Å². The van der Waals surface area contributed by atoms with Crippen molar-refractivity contribution in [1.29, 1.82) is 0 Å². The van der Waals surface area contributed by atoms with E-state index < -0.39 is 0 Å². The van der Waals surface area contributed by atoms with E-state index in [1.54, 1.807) is 6.20 Å². The van der Waals surface area contributed by atoms with Crippen LogP contribution in [0.1, 0.15) is 5.56 Å². The van der Waals surface area contributed by atoms with Crippen LogP contribution in [-0.4, -0.2) is 34.3 Å². The van der Waals surface area contributed by atoms with Crippen molar-refractivity contribution < 1.29 is 0 Å². The van der Waals surface area contributed by atoms with E-state index in [1.807, 2.05) is 20.2 Å². The van der Waals surface area contributed by atoms with Crippen LogP contribution in [0.2, 0.25) is 0 Å². The summed E-state index contributed by atoms with van der Waals surface area (Å²) in [5.41, 5.74) is 9.63. The number of aryl methyl sites for hydroxylation is 1. The molecule has 21 heavy (non-hydrogen) atoms. The third-order valence-electron chi connectivity index (χ3n) is 3.28. The number of nitrogens with two attached hydrogens (primary N) is 1. The number of H-pyrrole nitrogens is 1. The highest BCUT2D eigenvalue weighted by Gasteiger charge is 2.09. The molecular formula is C14H17N7. The number of aromatic amines is 1. The molecular weight excluding hydrogens is 266 g/mol. The second-order valence-electron chi connectivity index (χ2n) is 5.08. The molecule has 0 bridgehead atoms. The van der Waals surface area contributed by atoms with Gasteiger partial charge in [0.05, 0.1) is 11.6 Å². The summed E-state index contributed by atoms with van der Waals surface area (Å²) in [6.07, 6.45) is 1.68. The smallest absolute Gasteiger partial charge is 0.224 e. The van der Waals surface area contributed by atoms with Crippen molar-refractivity contribution in [2.75, 3.05) is 30.0 Å². The van der Waals surface area contributed by atoms with E-state index in [9.17, 15) is 0 Å². The van der Waals surface area contributed by atoms with Crippen LogP contribution in [0.15, 0.2) is 24.4 Å². The standard InChI is InChI=1S/C14H17N7/c1-8-4-5-9(6-11(8)21(2)3)17-12-10-7-16-20-13(10)19-14(15)18-12/h4-7H,1-3H3,(H4,15,16,17,18,19,20). The Labute approximate surface area is 122 Å². The third-order valence-corrected chi connectivity index (χ3v) is 3.28. The van der Waals surface area contributed by atoms with Crippen LogP contribution in [0.4, 0.5) is 23.1 Å². The SMILES string of the molecule is Cc1ccc(Nc2nc(N)nc3[nH]ncc23)cc1N(C)C. The van der Waals surface area contributed by atoms with Crippen LogP contribution >= 0.6 is 0 Å². The first-order valence-corrected chi connectivity index (χ1v) is 6.56. The van der Waals surface area contributed by atoms with Gasteiger partial charge in [0.25, 0.3) is 0 Å². The third kappa shape index (κ3) is 2.45. The number of hydrogen-bond acceptors (Lipinski definition) is 6. The molecule has 7 nitrogen and oxygen atoms in total. The molecule has 0 unspecified atom stereocenters. The Morgan fingerprint density at radius 1 is 1.24 bits per heavy atom. The van der Waals surface area contributed by atoms with E-state index in [0.717, 1.165) is 16.8 Å². The topological polar surface area (TPSA) is 95.8 Å². The largest absolute Gasteiger partial charge is 0.377 e. The van der Waals surface area contributed by atoms with Crippen molar-refractivity contribution in [3.05, 3.63) is 30.0 Å². The highest BCUT2D eigenvalue weighted by Crippen LogP contribution is 2.27. The Morgan fingerprint density at radius 2 is 2.05 bits per heavy atom. The fourth-order valence-electron chi connectivity index (χ4n) is 2.25. The number of nitrogens with one attached hydrogen (secondary N) is 2. The Hall–Kier alpha value is -2.83. The molecule has 2 heterocycles. The molecule has 0 spiro atoms. The number of hydrogen-bond donors (Lipinski definition) is 3. The minimum atomic E-state index is 0.203. The molecule has 0 amide bonds. The fraction of sp³-hybridized carbons (Fsp3) is 0.214. The van der Waals surface area contributed by atoms with Gasteiger partial charge in [0.15, 0.2) is 5.65 Å².